The fraction of sp³-hybridized carbons (Fsp3) is 0.0870. The Balaban J connectivity index is 1.70. The van der Waals surface area contributed by atoms with E-state index < -0.39 is 11.9 Å². The number of rotatable bonds is 7. The molecule has 0 unspecified atom stereocenters. The number of aromatic carboxylic acids is 1. The average Bonchev–Trinajstić information content (AvgIpc) is 3.21. The summed E-state index contributed by atoms with van der Waals surface area (Å²) in [6.45, 7) is 0.397. The highest BCUT2D eigenvalue weighted by Gasteiger charge is 2.14. The maximum absolute atomic E-state index is 12.3. The Morgan fingerprint density at radius 2 is 1.90 bits per heavy atom. The fourth-order valence-corrected chi connectivity index (χ4v) is 2.98. The van der Waals surface area contributed by atoms with E-state index in [9.17, 15) is 20.0 Å². The summed E-state index contributed by atoms with van der Waals surface area (Å²) in [5.74, 6) is -0.952. The van der Waals surface area contributed by atoms with Crippen LogP contribution in [-0.4, -0.2) is 23.5 Å². The molecule has 0 atom stereocenters. The molecule has 0 fully saturated rings. The highest BCUT2D eigenvalue weighted by molar-refractivity contribution is 6.33. The first-order valence-electron chi connectivity index (χ1n) is 9.05. The number of hydrogen-bond acceptors (Lipinski definition) is 4. The van der Waals surface area contributed by atoms with Gasteiger partial charge < -0.3 is 14.8 Å². The third-order valence-corrected chi connectivity index (χ3v) is 4.63. The molecule has 1 amide bonds. The van der Waals surface area contributed by atoms with Crippen molar-refractivity contribution in [3.05, 3.63) is 88.1 Å². The molecule has 0 bridgehead atoms. The van der Waals surface area contributed by atoms with E-state index in [4.69, 9.17) is 16.0 Å². The van der Waals surface area contributed by atoms with Crippen molar-refractivity contribution in [2.24, 2.45) is 0 Å². The Kier molecular flexibility index (Phi) is 6.68. The summed E-state index contributed by atoms with van der Waals surface area (Å²) in [4.78, 5) is 23.5. The van der Waals surface area contributed by atoms with Crippen LogP contribution >= 0.6 is 11.6 Å². The highest BCUT2D eigenvalue weighted by Crippen LogP contribution is 2.27. The number of carboxylic acids is 1. The van der Waals surface area contributed by atoms with Gasteiger partial charge in [-0.1, -0.05) is 41.9 Å². The number of nitrogens with one attached hydrogen (secondary N) is 1. The number of nitriles is 1. The number of benzene rings is 2. The summed E-state index contributed by atoms with van der Waals surface area (Å²) in [6, 6.07) is 19.3. The largest absolute Gasteiger partial charge is 0.478 e. The smallest absolute Gasteiger partial charge is 0.337 e. The van der Waals surface area contributed by atoms with E-state index in [1.54, 1.807) is 18.2 Å². The van der Waals surface area contributed by atoms with Crippen LogP contribution in [0.4, 0.5) is 0 Å². The summed E-state index contributed by atoms with van der Waals surface area (Å²) >= 11 is 5.89. The Morgan fingerprint density at radius 3 is 2.60 bits per heavy atom. The van der Waals surface area contributed by atoms with Gasteiger partial charge in [0.05, 0.1) is 10.6 Å². The van der Waals surface area contributed by atoms with Gasteiger partial charge in [0, 0.05) is 18.2 Å². The average molecular weight is 421 g/mol. The minimum absolute atomic E-state index is 0.0434. The van der Waals surface area contributed by atoms with Crippen LogP contribution in [0.1, 0.15) is 21.7 Å². The molecule has 0 aliphatic rings. The Labute approximate surface area is 178 Å². The van der Waals surface area contributed by atoms with Gasteiger partial charge >= 0.3 is 5.97 Å². The van der Waals surface area contributed by atoms with Gasteiger partial charge in [-0.05, 0) is 42.3 Å². The van der Waals surface area contributed by atoms with Crippen LogP contribution in [0, 0.1) is 11.3 Å². The van der Waals surface area contributed by atoms with Crippen molar-refractivity contribution in [2.75, 3.05) is 6.54 Å². The predicted molar refractivity (Wildman–Crippen MR) is 113 cm³/mol. The number of carbonyl (C=O) groups excluding carboxylic acids is 1. The SMILES string of the molecule is N#CC(=Cc1ccc(-c2ccc(Cl)c(C(=O)O)c2)o1)C(=O)NCCc1ccccc1. The minimum Gasteiger partial charge on any atom is -0.478 e. The van der Waals surface area contributed by atoms with Gasteiger partial charge in [0.2, 0.25) is 0 Å². The third kappa shape index (κ3) is 5.16. The van der Waals surface area contributed by atoms with Gasteiger partial charge in [-0.25, -0.2) is 4.79 Å². The van der Waals surface area contributed by atoms with Gasteiger partial charge in [0.25, 0.3) is 5.91 Å². The summed E-state index contributed by atoms with van der Waals surface area (Å²) in [5.41, 5.74) is 1.46. The number of halogens is 1. The monoisotopic (exact) mass is 420 g/mol. The van der Waals surface area contributed by atoms with Crippen molar-refractivity contribution in [3.8, 4) is 17.4 Å². The number of carboxylic acid groups (broad SMARTS) is 1. The van der Waals surface area contributed by atoms with Crippen molar-refractivity contribution < 1.29 is 19.1 Å². The highest BCUT2D eigenvalue weighted by atomic mass is 35.5. The first kappa shape index (κ1) is 20.9. The molecule has 0 radical (unpaired) electrons. The second-order valence-electron chi connectivity index (χ2n) is 6.36. The molecule has 2 aromatic carbocycles. The first-order chi connectivity index (χ1) is 14.5. The molecular formula is C23H17ClN2O4. The number of amides is 1. The van der Waals surface area contributed by atoms with E-state index in [0.29, 0.717) is 30.0 Å². The van der Waals surface area contributed by atoms with E-state index in [1.807, 2.05) is 36.4 Å². The van der Waals surface area contributed by atoms with Crippen LogP contribution in [0.25, 0.3) is 17.4 Å². The molecule has 0 saturated carbocycles. The molecular weight excluding hydrogens is 404 g/mol. The zero-order valence-electron chi connectivity index (χ0n) is 15.8. The van der Waals surface area contributed by atoms with Crippen LogP contribution in [0.3, 0.4) is 0 Å². The van der Waals surface area contributed by atoms with Crippen molar-refractivity contribution in [2.45, 2.75) is 6.42 Å². The van der Waals surface area contributed by atoms with Crippen molar-refractivity contribution in [1.82, 2.24) is 5.32 Å². The minimum atomic E-state index is -1.15. The molecule has 1 aromatic heterocycles. The second kappa shape index (κ2) is 9.59. The lowest BCUT2D eigenvalue weighted by Gasteiger charge is -2.04. The van der Waals surface area contributed by atoms with E-state index >= 15 is 0 Å². The number of nitrogens with zero attached hydrogens (tertiary/aromatic N) is 1. The molecule has 150 valence electrons. The molecule has 30 heavy (non-hydrogen) atoms. The molecule has 3 rings (SSSR count). The third-order valence-electron chi connectivity index (χ3n) is 4.30. The van der Waals surface area contributed by atoms with Gasteiger partial charge in [-0.3, -0.25) is 4.79 Å². The Morgan fingerprint density at radius 1 is 1.13 bits per heavy atom. The molecule has 7 heteroatoms. The van der Waals surface area contributed by atoms with E-state index in [1.165, 1.54) is 18.2 Å². The van der Waals surface area contributed by atoms with Gasteiger partial charge in [-0.2, -0.15) is 5.26 Å². The van der Waals surface area contributed by atoms with E-state index in [0.717, 1.165) is 5.56 Å². The van der Waals surface area contributed by atoms with Crippen LogP contribution in [-0.2, 0) is 11.2 Å². The fourth-order valence-electron chi connectivity index (χ4n) is 2.78. The molecule has 6 nitrogen and oxygen atoms in total. The zero-order valence-corrected chi connectivity index (χ0v) is 16.5. The normalized spacial score (nSPS) is 11.0. The molecule has 0 aliphatic heterocycles. The molecule has 1 heterocycles. The Bertz CT molecular complexity index is 1140. The zero-order chi connectivity index (χ0) is 21.5. The molecule has 0 spiro atoms. The second-order valence-corrected chi connectivity index (χ2v) is 6.77. The van der Waals surface area contributed by atoms with Crippen molar-refractivity contribution in [1.29, 1.82) is 5.26 Å². The topological polar surface area (TPSA) is 103 Å². The number of hydrogen-bond donors (Lipinski definition) is 2. The molecule has 3 aromatic rings. The predicted octanol–water partition coefficient (Wildman–Crippen LogP) is 4.56. The Hall–Kier alpha value is -3.82. The maximum Gasteiger partial charge on any atom is 0.337 e. The van der Waals surface area contributed by atoms with Gasteiger partial charge in [0.1, 0.15) is 23.2 Å². The summed E-state index contributed by atoms with van der Waals surface area (Å²) in [5, 5.41) is 21.4. The molecule has 2 N–H and O–H groups in total. The molecule has 0 aliphatic carbocycles. The van der Waals surface area contributed by atoms with E-state index in [-0.39, 0.29) is 16.2 Å². The summed E-state index contributed by atoms with van der Waals surface area (Å²) in [6.07, 6.45) is 1.99. The number of furan rings is 1. The van der Waals surface area contributed by atoms with Crippen LogP contribution < -0.4 is 5.32 Å². The van der Waals surface area contributed by atoms with Gasteiger partial charge in [-0.15, -0.1) is 0 Å². The lowest BCUT2D eigenvalue weighted by atomic mass is 10.1. The van der Waals surface area contributed by atoms with Crippen molar-refractivity contribution >= 4 is 29.6 Å². The van der Waals surface area contributed by atoms with Crippen LogP contribution in [0.5, 0.6) is 0 Å². The standard InChI is InChI=1S/C23H17ClN2O4/c24-20-8-6-16(13-19(20)23(28)29)21-9-7-18(30-21)12-17(14-25)22(27)26-11-10-15-4-2-1-3-5-15/h1-9,12-13H,10-11H2,(H,26,27)(H,28,29). The van der Waals surface area contributed by atoms with Crippen LogP contribution in [0.2, 0.25) is 5.02 Å². The molecule has 0 saturated heterocycles. The number of carbonyl (C=O) groups is 2. The summed E-state index contributed by atoms with van der Waals surface area (Å²) in [7, 11) is 0. The van der Waals surface area contributed by atoms with Gasteiger partial charge in [0.15, 0.2) is 0 Å². The lowest BCUT2D eigenvalue weighted by molar-refractivity contribution is -0.117. The first-order valence-corrected chi connectivity index (χ1v) is 9.42. The van der Waals surface area contributed by atoms with Crippen LogP contribution in [0.15, 0.2) is 70.7 Å². The lowest BCUT2D eigenvalue weighted by Crippen LogP contribution is -2.26. The summed E-state index contributed by atoms with van der Waals surface area (Å²) < 4.78 is 5.66. The van der Waals surface area contributed by atoms with Crippen molar-refractivity contribution in [3.63, 3.8) is 0 Å². The quantitative estimate of drug-likeness (QED) is 0.430. The van der Waals surface area contributed by atoms with E-state index in [2.05, 4.69) is 5.32 Å². The maximum atomic E-state index is 12.3.